The van der Waals surface area contributed by atoms with E-state index in [-0.39, 0.29) is 12.1 Å². The molecule has 5 nitrogen and oxygen atoms in total. The molecule has 0 aliphatic carbocycles. The van der Waals surface area contributed by atoms with Crippen LogP contribution in [0.15, 0.2) is 77.7 Å². The number of anilines is 1. The third-order valence-electron chi connectivity index (χ3n) is 6.21. The number of thiocarbonyl (C=S) groups is 1. The van der Waals surface area contributed by atoms with Gasteiger partial charge in [0.15, 0.2) is 5.11 Å². The average Bonchev–Trinajstić information content (AvgIpc) is 3.32. The van der Waals surface area contributed by atoms with E-state index in [0.29, 0.717) is 5.11 Å². The van der Waals surface area contributed by atoms with Crippen LogP contribution in [0.25, 0.3) is 5.69 Å². The molecule has 4 aromatic rings. The first-order valence-corrected chi connectivity index (χ1v) is 12.0. The van der Waals surface area contributed by atoms with Crippen molar-refractivity contribution in [3.05, 3.63) is 106 Å². The van der Waals surface area contributed by atoms with E-state index in [0.717, 1.165) is 38.5 Å². The summed E-state index contributed by atoms with van der Waals surface area (Å²) in [4.78, 5) is 11.2. The van der Waals surface area contributed by atoms with Crippen LogP contribution in [0.2, 0.25) is 0 Å². The molecule has 3 aromatic heterocycles. The largest absolute Gasteiger partial charge is 0.351 e. The van der Waals surface area contributed by atoms with E-state index >= 15 is 0 Å². The van der Waals surface area contributed by atoms with E-state index in [1.54, 1.807) is 6.20 Å². The minimum absolute atomic E-state index is 0.0513. The topological polar surface area (TPSA) is 46.0 Å². The maximum Gasteiger partial charge on any atom is 0.174 e. The van der Waals surface area contributed by atoms with Gasteiger partial charge in [-0.1, -0.05) is 22.0 Å². The van der Waals surface area contributed by atoms with Crippen molar-refractivity contribution >= 4 is 38.9 Å². The van der Waals surface area contributed by atoms with Crippen LogP contribution in [-0.4, -0.2) is 19.6 Å². The molecule has 1 aromatic carbocycles. The Hall–Kier alpha value is -3.03. The minimum atomic E-state index is -0.0782. The number of aryl methyl sites for hydroxylation is 2. The van der Waals surface area contributed by atoms with Crippen LogP contribution in [-0.2, 0) is 0 Å². The van der Waals surface area contributed by atoms with Gasteiger partial charge < -0.3 is 14.8 Å². The Bertz CT molecular complexity index is 1320. The highest BCUT2D eigenvalue weighted by Crippen LogP contribution is 2.44. The monoisotopic (exact) mass is 517 g/mol. The van der Waals surface area contributed by atoms with E-state index in [1.165, 1.54) is 5.56 Å². The zero-order chi connectivity index (χ0) is 23.1. The number of halogens is 1. The number of nitrogens with one attached hydrogen (secondary N) is 1. The molecule has 0 radical (unpaired) electrons. The van der Waals surface area contributed by atoms with Gasteiger partial charge in [-0.3, -0.25) is 9.97 Å². The number of pyridine rings is 2. The first kappa shape index (κ1) is 21.8. The quantitative estimate of drug-likeness (QED) is 0.329. The normalized spacial score (nSPS) is 17.9. The van der Waals surface area contributed by atoms with Crippen molar-refractivity contribution in [2.45, 2.75) is 32.9 Å². The molecule has 7 heteroatoms. The lowest BCUT2D eigenvalue weighted by Gasteiger charge is -2.28. The Morgan fingerprint density at radius 2 is 1.82 bits per heavy atom. The second-order valence-electron chi connectivity index (χ2n) is 8.30. The van der Waals surface area contributed by atoms with Crippen LogP contribution in [0, 0.1) is 20.8 Å². The molecule has 1 saturated heterocycles. The Morgan fingerprint density at radius 1 is 0.970 bits per heavy atom. The van der Waals surface area contributed by atoms with Gasteiger partial charge in [0.1, 0.15) is 0 Å². The molecule has 4 heterocycles. The highest BCUT2D eigenvalue weighted by molar-refractivity contribution is 9.10. The van der Waals surface area contributed by atoms with Gasteiger partial charge in [0, 0.05) is 33.9 Å². The molecule has 0 bridgehead atoms. The Balaban J connectivity index is 1.69. The average molecular weight is 518 g/mol. The van der Waals surface area contributed by atoms with E-state index in [4.69, 9.17) is 12.2 Å². The van der Waals surface area contributed by atoms with Crippen LogP contribution in [0.4, 0.5) is 5.69 Å². The third-order valence-corrected chi connectivity index (χ3v) is 7.42. The molecule has 0 amide bonds. The number of hydrogen-bond acceptors (Lipinski definition) is 3. The molecule has 0 unspecified atom stereocenters. The van der Waals surface area contributed by atoms with Crippen LogP contribution >= 0.6 is 28.1 Å². The van der Waals surface area contributed by atoms with Crippen LogP contribution in [0.1, 0.15) is 40.3 Å². The molecule has 0 spiro atoms. The summed E-state index contributed by atoms with van der Waals surface area (Å²) in [6.45, 7) is 6.39. The van der Waals surface area contributed by atoms with Gasteiger partial charge >= 0.3 is 0 Å². The molecule has 0 saturated carbocycles. The van der Waals surface area contributed by atoms with E-state index in [2.05, 4.69) is 97.9 Å². The standard InChI is InChI=1S/C26H24BrN5S/c1-16-13-19(9-10-22(16)27)32-25(24(30-26(32)33)23-8-4-5-12-29-23)21-14-17(2)31(18(21)3)20-7-6-11-28-15-20/h4-15,24-25H,1-3H3,(H,30,33)/t24-,25+/m0/s1. The molecule has 1 N–H and O–H groups in total. The second-order valence-corrected chi connectivity index (χ2v) is 9.54. The lowest BCUT2D eigenvalue weighted by Crippen LogP contribution is -2.29. The van der Waals surface area contributed by atoms with Crippen LogP contribution in [0.3, 0.4) is 0 Å². The van der Waals surface area contributed by atoms with Crippen molar-refractivity contribution in [3.8, 4) is 5.69 Å². The molecular weight excluding hydrogens is 494 g/mol. The maximum atomic E-state index is 5.89. The van der Waals surface area contributed by atoms with Crippen LogP contribution in [0.5, 0.6) is 0 Å². The zero-order valence-electron chi connectivity index (χ0n) is 18.7. The summed E-state index contributed by atoms with van der Waals surface area (Å²) >= 11 is 9.51. The van der Waals surface area contributed by atoms with Crippen molar-refractivity contribution in [1.82, 2.24) is 19.9 Å². The Kier molecular flexibility index (Phi) is 5.76. The summed E-state index contributed by atoms with van der Waals surface area (Å²) in [6.07, 6.45) is 5.53. The van der Waals surface area contributed by atoms with Crippen LogP contribution < -0.4 is 10.2 Å². The fourth-order valence-corrected chi connectivity index (χ4v) is 5.29. The molecule has 166 valence electrons. The Labute approximate surface area is 207 Å². The number of hydrogen-bond donors (Lipinski definition) is 1. The van der Waals surface area contributed by atoms with E-state index in [9.17, 15) is 0 Å². The number of nitrogens with zero attached hydrogens (tertiary/aromatic N) is 4. The molecule has 33 heavy (non-hydrogen) atoms. The molecular formula is C26H24BrN5S. The lowest BCUT2D eigenvalue weighted by atomic mass is 9.96. The second kappa shape index (κ2) is 8.72. The predicted molar refractivity (Wildman–Crippen MR) is 140 cm³/mol. The molecule has 1 aliphatic heterocycles. The summed E-state index contributed by atoms with van der Waals surface area (Å²) in [7, 11) is 0. The summed E-state index contributed by atoms with van der Waals surface area (Å²) < 4.78 is 3.33. The highest BCUT2D eigenvalue weighted by atomic mass is 79.9. The predicted octanol–water partition coefficient (Wildman–Crippen LogP) is 6.13. The van der Waals surface area contributed by atoms with Gasteiger partial charge in [0.2, 0.25) is 0 Å². The van der Waals surface area contributed by atoms with Crippen molar-refractivity contribution in [3.63, 3.8) is 0 Å². The number of benzene rings is 1. The SMILES string of the molecule is Cc1cc(N2C(=S)N[C@@H](c3ccccn3)[C@H]2c2cc(C)n(-c3cccnc3)c2C)ccc1Br. The van der Waals surface area contributed by atoms with Gasteiger partial charge in [0.05, 0.1) is 29.7 Å². The minimum Gasteiger partial charge on any atom is -0.351 e. The smallest absolute Gasteiger partial charge is 0.174 e. The number of rotatable bonds is 4. The van der Waals surface area contributed by atoms with Crippen molar-refractivity contribution < 1.29 is 0 Å². The van der Waals surface area contributed by atoms with Crippen molar-refractivity contribution in [2.24, 2.45) is 0 Å². The molecule has 2 atom stereocenters. The van der Waals surface area contributed by atoms with Gasteiger partial charge in [0.25, 0.3) is 0 Å². The van der Waals surface area contributed by atoms with E-state index in [1.807, 2.05) is 30.6 Å². The zero-order valence-corrected chi connectivity index (χ0v) is 21.1. The fourth-order valence-electron chi connectivity index (χ4n) is 4.70. The number of aromatic nitrogens is 3. The summed E-state index contributed by atoms with van der Waals surface area (Å²) in [5.41, 5.74) is 7.76. The van der Waals surface area contributed by atoms with Crippen molar-refractivity contribution in [1.29, 1.82) is 0 Å². The molecule has 1 fully saturated rings. The molecule has 1 aliphatic rings. The highest BCUT2D eigenvalue weighted by Gasteiger charge is 2.42. The lowest BCUT2D eigenvalue weighted by molar-refractivity contribution is 0.565. The van der Waals surface area contributed by atoms with Gasteiger partial charge in [-0.15, -0.1) is 0 Å². The van der Waals surface area contributed by atoms with Gasteiger partial charge in [-0.2, -0.15) is 0 Å². The first-order valence-electron chi connectivity index (χ1n) is 10.8. The van der Waals surface area contributed by atoms with Crippen molar-refractivity contribution in [2.75, 3.05) is 4.90 Å². The fraction of sp³-hybridized carbons (Fsp3) is 0.192. The van der Waals surface area contributed by atoms with Gasteiger partial charge in [-0.25, -0.2) is 0 Å². The summed E-state index contributed by atoms with van der Waals surface area (Å²) in [5.74, 6) is 0. The third kappa shape index (κ3) is 3.85. The van der Waals surface area contributed by atoms with E-state index < -0.39 is 0 Å². The Morgan fingerprint density at radius 3 is 2.52 bits per heavy atom. The first-order chi connectivity index (χ1) is 16.0. The van der Waals surface area contributed by atoms with Gasteiger partial charge in [-0.05, 0) is 92.6 Å². The summed E-state index contributed by atoms with van der Waals surface area (Å²) in [6, 6.07) is 18.6. The molecule has 5 rings (SSSR count). The maximum absolute atomic E-state index is 5.89. The summed E-state index contributed by atoms with van der Waals surface area (Å²) in [5, 5.41) is 4.26.